The van der Waals surface area contributed by atoms with Gasteiger partial charge in [0, 0.05) is 30.8 Å². The van der Waals surface area contributed by atoms with Crippen LogP contribution in [0.3, 0.4) is 0 Å². The molecule has 20 heavy (non-hydrogen) atoms. The van der Waals surface area contributed by atoms with E-state index in [2.05, 4.69) is 4.90 Å². The summed E-state index contributed by atoms with van der Waals surface area (Å²) in [7, 11) is 0. The smallest absolute Gasteiger partial charge is 0.294 e. The Morgan fingerprint density at radius 2 is 2.35 bits per heavy atom. The van der Waals surface area contributed by atoms with Gasteiger partial charge in [-0.25, -0.2) is 0 Å². The van der Waals surface area contributed by atoms with E-state index in [9.17, 15) is 10.1 Å². The second-order valence-corrected chi connectivity index (χ2v) is 5.44. The Kier molecular flexibility index (Phi) is 5.20. The molecule has 6 heteroatoms. The number of hydrogen-bond acceptors (Lipinski definition) is 4. The van der Waals surface area contributed by atoms with Gasteiger partial charge < -0.3 is 9.64 Å². The van der Waals surface area contributed by atoms with Crippen molar-refractivity contribution in [3.63, 3.8) is 0 Å². The molecule has 1 aliphatic rings. The molecular formula is C14H19ClN2O3. The highest BCUT2D eigenvalue weighted by Crippen LogP contribution is 2.33. The monoisotopic (exact) mass is 298 g/mol. The largest absolute Gasteiger partial charge is 0.381 e. The maximum Gasteiger partial charge on any atom is 0.294 e. The molecule has 0 aliphatic carbocycles. The van der Waals surface area contributed by atoms with Crippen LogP contribution in [0, 0.1) is 16.0 Å². The fourth-order valence-corrected chi connectivity index (χ4v) is 2.78. The number of anilines is 1. The normalized spacial score (nSPS) is 19.1. The number of piperidine rings is 1. The van der Waals surface area contributed by atoms with Crippen molar-refractivity contribution in [2.75, 3.05) is 31.2 Å². The number of ether oxygens (including phenoxy) is 1. The maximum atomic E-state index is 11.2. The van der Waals surface area contributed by atoms with Crippen LogP contribution >= 0.6 is 11.6 Å². The highest BCUT2D eigenvalue weighted by atomic mass is 35.5. The van der Waals surface area contributed by atoms with Gasteiger partial charge in [-0.05, 0) is 37.8 Å². The standard InChI is InChI=1S/C14H19ClN2O3/c1-2-20-10-11-4-3-7-16(9-11)13-6-5-12(15)8-14(13)17(18)19/h5-6,8,11H,2-4,7,9-10H2,1H3. The minimum Gasteiger partial charge on any atom is -0.381 e. The fraction of sp³-hybridized carbons (Fsp3) is 0.571. The Labute approximate surface area is 123 Å². The summed E-state index contributed by atoms with van der Waals surface area (Å²) in [4.78, 5) is 12.9. The second-order valence-electron chi connectivity index (χ2n) is 5.00. The SMILES string of the molecule is CCOCC1CCCN(c2ccc(Cl)cc2[N+](=O)[O-])C1. The van der Waals surface area contributed by atoms with E-state index < -0.39 is 0 Å². The lowest BCUT2D eigenvalue weighted by molar-refractivity contribution is -0.384. The molecule has 1 aromatic carbocycles. The summed E-state index contributed by atoms with van der Waals surface area (Å²) in [6.45, 7) is 5.03. The first kappa shape index (κ1) is 15.1. The van der Waals surface area contributed by atoms with E-state index in [0.717, 1.165) is 25.9 Å². The Morgan fingerprint density at radius 1 is 1.55 bits per heavy atom. The van der Waals surface area contributed by atoms with E-state index in [4.69, 9.17) is 16.3 Å². The third-order valence-corrected chi connectivity index (χ3v) is 3.79. The number of rotatable bonds is 5. The zero-order valence-electron chi connectivity index (χ0n) is 11.5. The summed E-state index contributed by atoms with van der Waals surface area (Å²) in [6, 6.07) is 4.86. The lowest BCUT2D eigenvalue weighted by atomic mass is 9.98. The zero-order chi connectivity index (χ0) is 14.5. The molecule has 1 aliphatic heterocycles. The molecule has 1 heterocycles. The number of nitro groups is 1. The first-order chi connectivity index (χ1) is 9.61. The maximum absolute atomic E-state index is 11.2. The lowest BCUT2D eigenvalue weighted by Gasteiger charge is -2.33. The summed E-state index contributed by atoms with van der Waals surface area (Å²) in [5.74, 6) is 0.430. The Morgan fingerprint density at radius 3 is 3.05 bits per heavy atom. The topological polar surface area (TPSA) is 55.6 Å². The number of benzene rings is 1. The number of hydrogen-bond donors (Lipinski definition) is 0. The van der Waals surface area contributed by atoms with Crippen molar-refractivity contribution in [2.45, 2.75) is 19.8 Å². The van der Waals surface area contributed by atoms with Crippen LogP contribution in [0.2, 0.25) is 5.02 Å². The molecule has 110 valence electrons. The Hall–Kier alpha value is -1.33. The van der Waals surface area contributed by atoms with Gasteiger partial charge in [0.15, 0.2) is 0 Å². The molecule has 0 spiro atoms. The minimum absolute atomic E-state index is 0.0783. The third-order valence-electron chi connectivity index (χ3n) is 3.55. The summed E-state index contributed by atoms with van der Waals surface area (Å²) >= 11 is 5.85. The molecule has 0 aromatic heterocycles. The summed E-state index contributed by atoms with van der Waals surface area (Å²) in [6.07, 6.45) is 2.13. The van der Waals surface area contributed by atoms with Crippen LogP contribution in [-0.2, 0) is 4.74 Å². The average Bonchev–Trinajstić information content (AvgIpc) is 2.45. The molecule has 1 saturated heterocycles. The van der Waals surface area contributed by atoms with Gasteiger partial charge in [-0.3, -0.25) is 10.1 Å². The predicted molar refractivity (Wildman–Crippen MR) is 79.5 cm³/mol. The third kappa shape index (κ3) is 3.61. The Balaban J connectivity index is 2.16. The van der Waals surface area contributed by atoms with E-state index in [0.29, 0.717) is 29.8 Å². The molecule has 2 rings (SSSR count). The molecule has 1 unspecified atom stereocenters. The van der Waals surface area contributed by atoms with Gasteiger partial charge in [0.05, 0.1) is 11.5 Å². The van der Waals surface area contributed by atoms with Gasteiger partial charge in [-0.1, -0.05) is 11.6 Å². The molecule has 1 aromatic rings. The summed E-state index contributed by atoms with van der Waals surface area (Å²) in [5.41, 5.74) is 0.732. The van der Waals surface area contributed by atoms with Crippen LogP contribution in [0.4, 0.5) is 11.4 Å². The molecule has 0 amide bonds. The van der Waals surface area contributed by atoms with Gasteiger partial charge >= 0.3 is 0 Å². The van der Waals surface area contributed by atoms with E-state index >= 15 is 0 Å². The summed E-state index contributed by atoms with van der Waals surface area (Å²) in [5, 5.41) is 11.6. The van der Waals surface area contributed by atoms with E-state index in [1.807, 2.05) is 6.92 Å². The van der Waals surface area contributed by atoms with Crippen LogP contribution < -0.4 is 4.90 Å². The number of halogens is 1. The molecule has 5 nitrogen and oxygen atoms in total. The van der Waals surface area contributed by atoms with Gasteiger partial charge in [0.25, 0.3) is 5.69 Å². The molecular weight excluding hydrogens is 280 g/mol. The fourth-order valence-electron chi connectivity index (χ4n) is 2.61. The first-order valence-electron chi connectivity index (χ1n) is 6.88. The second kappa shape index (κ2) is 6.90. The van der Waals surface area contributed by atoms with E-state index in [1.165, 1.54) is 6.07 Å². The van der Waals surface area contributed by atoms with Crippen LogP contribution in [0.1, 0.15) is 19.8 Å². The van der Waals surface area contributed by atoms with Gasteiger partial charge in [-0.15, -0.1) is 0 Å². The Bertz CT molecular complexity index is 481. The van der Waals surface area contributed by atoms with Crippen molar-refractivity contribution in [1.29, 1.82) is 0 Å². The van der Waals surface area contributed by atoms with Crippen LogP contribution in [0.25, 0.3) is 0 Å². The zero-order valence-corrected chi connectivity index (χ0v) is 12.3. The van der Waals surface area contributed by atoms with Gasteiger partial charge in [-0.2, -0.15) is 0 Å². The highest BCUT2D eigenvalue weighted by Gasteiger charge is 2.25. The summed E-state index contributed by atoms with van der Waals surface area (Å²) < 4.78 is 5.47. The molecule has 0 bridgehead atoms. The minimum atomic E-state index is -0.368. The van der Waals surface area contributed by atoms with Crippen molar-refractivity contribution in [3.8, 4) is 0 Å². The molecule has 0 radical (unpaired) electrons. The van der Waals surface area contributed by atoms with Crippen molar-refractivity contribution < 1.29 is 9.66 Å². The van der Waals surface area contributed by atoms with E-state index in [1.54, 1.807) is 12.1 Å². The average molecular weight is 299 g/mol. The van der Waals surface area contributed by atoms with Crippen molar-refractivity contribution >= 4 is 23.0 Å². The van der Waals surface area contributed by atoms with Crippen molar-refractivity contribution in [1.82, 2.24) is 0 Å². The van der Waals surface area contributed by atoms with Crippen LogP contribution in [0.15, 0.2) is 18.2 Å². The number of nitrogens with zero attached hydrogens (tertiary/aromatic N) is 2. The quantitative estimate of drug-likeness (QED) is 0.616. The molecule has 1 atom stereocenters. The first-order valence-corrected chi connectivity index (χ1v) is 7.26. The van der Waals surface area contributed by atoms with Gasteiger partial charge in [0.2, 0.25) is 0 Å². The molecule has 0 saturated carbocycles. The number of nitro benzene ring substituents is 1. The molecule has 1 fully saturated rings. The van der Waals surface area contributed by atoms with Crippen LogP contribution in [-0.4, -0.2) is 31.2 Å². The van der Waals surface area contributed by atoms with Gasteiger partial charge in [0.1, 0.15) is 5.69 Å². The predicted octanol–water partition coefficient (Wildman–Crippen LogP) is 3.50. The molecule has 0 N–H and O–H groups in total. The van der Waals surface area contributed by atoms with E-state index in [-0.39, 0.29) is 10.6 Å². The van der Waals surface area contributed by atoms with Crippen molar-refractivity contribution in [3.05, 3.63) is 33.3 Å². The van der Waals surface area contributed by atoms with Crippen LogP contribution in [0.5, 0.6) is 0 Å². The highest BCUT2D eigenvalue weighted by molar-refractivity contribution is 6.30. The van der Waals surface area contributed by atoms with Crippen molar-refractivity contribution in [2.24, 2.45) is 5.92 Å². The lowest BCUT2D eigenvalue weighted by Crippen LogP contribution is -2.37.